The van der Waals surface area contributed by atoms with Crippen molar-refractivity contribution in [2.45, 2.75) is 12.5 Å². The molecule has 0 radical (unpaired) electrons. The van der Waals surface area contributed by atoms with E-state index in [9.17, 15) is 4.39 Å². The fourth-order valence-corrected chi connectivity index (χ4v) is 3.75. The number of nitrogens with one attached hydrogen (secondary N) is 3. The minimum Gasteiger partial charge on any atom is -0.493 e. The molecule has 3 N–H and O–H groups in total. The van der Waals surface area contributed by atoms with Crippen LogP contribution in [0.15, 0.2) is 47.6 Å². The number of H-pyrrole nitrogens is 1. The molecule has 0 aliphatic heterocycles. The molecule has 0 aliphatic carbocycles. The van der Waals surface area contributed by atoms with Gasteiger partial charge in [0.25, 0.3) is 0 Å². The Morgan fingerprint density at radius 2 is 1.88 bits per heavy atom. The molecule has 1 unspecified atom stereocenters. The summed E-state index contributed by atoms with van der Waals surface area (Å²) >= 11 is 0. The molecule has 1 heterocycles. The highest BCUT2D eigenvalue weighted by molar-refractivity contribution is 5.83. The van der Waals surface area contributed by atoms with Gasteiger partial charge in [-0.3, -0.25) is 4.99 Å². The predicted octanol–water partition coefficient (Wildman–Crippen LogP) is 3.33. The number of methoxy groups -OCH3 is 2. The lowest BCUT2D eigenvalue weighted by Gasteiger charge is -2.26. The molecule has 8 heteroatoms. The molecule has 0 fully saturated rings. The number of ether oxygens (including phenoxy) is 2. The molecule has 7 nitrogen and oxygen atoms in total. The fraction of sp³-hybridized carbons (Fsp3) is 0.375. The summed E-state index contributed by atoms with van der Waals surface area (Å²) in [5.74, 6) is 1.89. The number of guanidine groups is 1. The standard InChI is InChI=1S/C24H32FN5O2/c1-26-24(27-11-10-17-14-28-20-8-7-18(25)13-19(17)20)29-15-21(30(2)3)16-6-9-22(31-4)23(12-16)32-5/h6-9,12-14,21,28H,10-11,15H2,1-5H3,(H2,26,27,29). The number of aromatic nitrogens is 1. The molecule has 172 valence electrons. The van der Waals surface area contributed by atoms with Crippen molar-refractivity contribution in [3.05, 3.63) is 59.5 Å². The number of aliphatic imine (C=N–C) groups is 1. The summed E-state index contributed by atoms with van der Waals surface area (Å²) in [5.41, 5.74) is 3.11. The van der Waals surface area contributed by atoms with Gasteiger partial charge in [0.2, 0.25) is 0 Å². The molecule has 0 spiro atoms. The first-order chi connectivity index (χ1) is 15.5. The Hall–Kier alpha value is -3.26. The van der Waals surface area contributed by atoms with Crippen LogP contribution in [0.4, 0.5) is 4.39 Å². The van der Waals surface area contributed by atoms with Crippen molar-refractivity contribution < 1.29 is 13.9 Å². The van der Waals surface area contributed by atoms with E-state index >= 15 is 0 Å². The van der Waals surface area contributed by atoms with E-state index in [0.29, 0.717) is 30.5 Å². The first-order valence-electron chi connectivity index (χ1n) is 10.5. The quantitative estimate of drug-likeness (QED) is 0.351. The number of hydrogen-bond acceptors (Lipinski definition) is 4. The zero-order valence-electron chi connectivity index (χ0n) is 19.3. The van der Waals surface area contributed by atoms with Crippen LogP contribution >= 0.6 is 0 Å². The topological polar surface area (TPSA) is 73.9 Å². The van der Waals surface area contributed by atoms with Gasteiger partial charge in [0.05, 0.1) is 20.3 Å². The Kier molecular flexibility index (Phi) is 7.94. The van der Waals surface area contributed by atoms with E-state index in [4.69, 9.17) is 9.47 Å². The summed E-state index contributed by atoms with van der Waals surface area (Å²) in [5, 5.41) is 7.65. The Balaban J connectivity index is 1.60. The third-order valence-electron chi connectivity index (χ3n) is 5.52. The van der Waals surface area contributed by atoms with Crippen molar-refractivity contribution in [2.24, 2.45) is 4.99 Å². The number of rotatable bonds is 9. The number of likely N-dealkylation sites (N-methyl/N-ethyl adjacent to an activating group) is 1. The van der Waals surface area contributed by atoms with Crippen LogP contribution in [-0.4, -0.2) is 64.3 Å². The van der Waals surface area contributed by atoms with E-state index in [1.54, 1.807) is 33.4 Å². The number of nitrogens with zero attached hydrogens (tertiary/aromatic N) is 2. The maximum Gasteiger partial charge on any atom is 0.191 e. The summed E-state index contributed by atoms with van der Waals surface area (Å²) in [6.45, 7) is 1.33. The van der Waals surface area contributed by atoms with E-state index in [2.05, 4.69) is 25.5 Å². The molecule has 2 aromatic carbocycles. The van der Waals surface area contributed by atoms with Crippen LogP contribution in [-0.2, 0) is 6.42 Å². The zero-order valence-corrected chi connectivity index (χ0v) is 19.3. The number of aromatic amines is 1. The first kappa shape index (κ1) is 23.4. The van der Waals surface area contributed by atoms with E-state index in [0.717, 1.165) is 28.5 Å². The maximum atomic E-state index is 13.6. The third kappa shape index (κ3) is 5.50. The zero-order chi connectivity index (χ0) is 23.1. The highest BCUT2D eigenvalue weighted by Gasteiger charge is 2.17. The van der Waals surface area contributed by atoms with Crippen LogP contribution in [0.5, 0.6) is 11.5 Å². The molecule has 1 aromatic heterocycles. The SMILES string of the molecule is CN=C(NCCc1c[nH]c2ccc(F)cc12)NCC(c1ccc(OC)c(OC)c1)N(C)C. The summed E-state index contributed by atoms with van der Waals surface area (Å²) < 4.78 is 24.4. The van der Waals surface area contributed by atoms with Gasteiger partial charge >= 0.3 is 0 Å². The average molecular weight is 442 g/mol. The summed E-state index contributed by atoms with van der Waals surface area (Å²) in [7, 11) is 9.09. The van der Waals surface area contributed by atoms with Crippen molar-refractivity contribution in [2.75, 3.05) is 48.5 Å². The number of hydrogen-bond donors (Lipinski definition) is 3. The molecule has 3 rings (SSSR count). The number of halogens is 1. The molecular formula is C24H32FN5O2. The maximum absolute atomic E-state index is 13.6. The normalized spacial score (nSPS) is 12.8. The summed E-state index contributed by atoms with van der Waals surface area (Å²) in [6, 6.07) is 10.9. The van der Waals surface area contributed by atoms with Crippen LogP contribution < -0.4 is 20.1 Å². The van der Waals surface area contributed by atoms with Crippen molar-refractivity contribution in [1.29, 1.82) is 0 Å². The van der Waals surface area contributed by atoms with Crippen LogP contribution in [0.25, 0.3) is 10.9 Å². The Bertz CT molecular complexity index is 1060. The molecule has 1 atom stereocenters. The second-order valence-corrected chi connectivity index (χ2v) is 7.73. The molecule has 0 bridgehead atoms. The molecule has 3 aromatic rings. The van der Waals surface area contributed by atoms with Gasteiger partial charge in [-0.05, 0) is 62.0 Å². The third-order valence-corrected chi connectivity index (χ3v) is 5.52. The van der Waals surface area contributed by atoms with Gasteiger partial charge in [0.1, 0.15) is 5.82 Å². The first-order valence-corrected chi connectivity index (χ1v) is 10.5. The van der Waals surface area contributed by atoms with Crippen molar-refractivity contribution in [1.82, 2.24) is 20.5 Å². The highest BCUT2D eigenvalue weighted by atomic mass is 19.1. The second-order valence-electron chi connectivity index (χ2n) is 7.73. The van der Waals surface area contributed by atoms with Gasteiger partial charge in [0.15, 0.2) is 17.5 Å². The Morgan fingerprint density at radius 1 is 1.09 bits per heavy atom. The Morgan fingerprint density at radius 3 is 2.56 bits per heavy atom. The van der Waals surface area contributed by atoms with E-state index < -0.39 is 0 Å². The van der Waals surface area contributed by atoms with Gasteiger partial charge in [0, 0.05) is 37.2 Å². The van der Waals surface area contributed by atoms with Crippen molar-refractivity contribution in [3.8, 4) is 11.5 Å². The van der Waals surface area contributed by atoms with Crippen molar-refractivity contribution in [3.63, 3.8) is 0 Å². The predicted molar refractivity (Wildman–Crippen MR) is 127 cm³/mol. The van der Waals surface area contributed by atoms with Gasteiger partial charge in [-0.2, -0.15) is 0 Å². The lowest BCUT2D eigenvalue weighted by molar-refractivity contribution is 0.295. The minimum atomic E-state index is -0.228. The van der Waals surface area contributed by atoms with E-state index in [-0.39, 0.29) is 11.9 Å². The number of benzene rings is 2. The van der Waals surface area contributed by atoms with E-state index in [1.165, 1.54) is 6.07 Å². The smallest absolute Gasteiger partial charge is 0.191 e. The lowest BCUT2D eigenvalue weighted by atomic mass is 10.1. The van der Waals surface area contributed by atoms with Crippen LogP contribution in [0.2, 0.25) is 0 Å². The molecular weight excluding hydrogens is 409 g/mol. The minimum absolute atomic E-state index is 0.102. The monoisotopic (exact) mass is 441 g/mol. The molecule has 0 saturated carbocycles. The van der Waals surface area contributed by atoms with Crippen LogP contribution in [0.1, 0.15) is 17.2 Å². The lowest BCUT2D eigenvalue weighted by Crippen LogP contribution is -2.42. The molecule has 0 saturated heterocycles. The van der Waals surface area contributed by atoms with Crippen LogP contribution in [0, 0.1) is 5.82 Å². The van der Waals surface area contributed by atoms with Crippen molar-refractivity contribution >= 4 is 16.9 Å². The highest BCUT2D eigenvalue weighted by Crippen LogP contribution is 2.31. The second kappa shape index (κ2) is 10.9. The largest absolute Gasteiger partial charge is 0.493 e. The fourth-order valence-electron chi connectivity index (χ4n) is 3.75. The van der Waals surface area contributed by atoms with Crippen LogP contribution in [0.3, 0.4) is 0 Å². The average Bonchev–Trinajstić information content (AvgIpc) is 3.19. The van der Waals surface area contributed by atoms with Gasteiger partial charge < -0.3 is 30.0 Å². The molecule has 0 aliphatic rings. The summed E-state index contributed by atoms with van der Waals surface area (Å²) in [4.78, 5) is 9.66. The number of fused-ring (bicyclic) bond motifs is 1. The summed E-state index contributed by atoms with van der Waals surface area (Å²) in [6.07, 6.45) is 2.68. The molecule has 32 heavy (non-hydrogen) atoms. The Labute approximate surface area is 188 Å². The van der Waals surface area contributed by atoms with Gasteiger partial charge in [-0.1, -0.05) is 6.07 Å². The van der Waals surface area contributed by atoms with E-state index in [1.807, 2.05) is 38.5 Å². The van der Waals surface area contributed by atoms with Gasteiger partial charge in [-0.15, -0.1) is 0 Å². The molecule has 0 amide bonds. The van der Waals surface area contributed by atoms with Gasteiger partial charge in [-0.25, -0.2) is 4.39 Å².